The molecular weight excluding hydrogens is 482 g/mol. The quantitative estimate of drug-likeness (QED) is 0.387. The van der Waals surface area contributed by atoms with E-state index in [4.69, 9.17) is 0 Å². The number of nitrogens with zero attached hydrogens (tertiary/aromatic N) is 7. The highest BCUT2D eigenvalue weighted by molar-refractivity contribution is 9.10. The molecule has 1 atom stereocenters. The van der Waals surface area contributed by atoms with Crippen LogP contribution in [0.25, 0.3) is 11.3 Å². The average Bonchev–Trinajstić information content (AvgIpc) is 3.33. The van der Waals surface area contributed by atoms with Crippen molar-refractivity contribution in [1.82, 2.24) is 34.7 Å². The third-order valence-electron chi connectivity index (χ3n) is 4.62. The van der Waals surface area contributed by atoms with Crippen molar-refractivity contribution in [3.8, 4) is 11.3 Å². The molecule has 0 aromatic carbocycles. The van der Waals surface area contributed by atoms with Crippen molar-refractivity contribution in [1.29, 1.82) is 0 Å². The smallest absolute Gasteiger partial charge is 0.263 e. The third-order valence-corrected chi connectivity index (χ3v) is 5.08. The van der Waals surface area contributed by atoms with E-state index < -0.39 is 23.9 Å². The number of hydrogen-bond acceptors (Lipinski definition) is 5. The predicted molar refractivity (Wildman–Crippen MR) is 105 cm³/mol. The molecule has 31 heavy (non-hydrogen) atoms. The first-order valence-electron chi connectivity index (χ1n) is 8.95. The van der Waals surface area contributed by atoms with Gasteiger partial charge in [0.15, 0.2) is 0 Å². The molecule has 1 unspecified atom stereocenters. The highest BCUT2D eigenvalue weighted by Crippen LogP contribution is 2.29. The number of hydrogen-bond donors (Lipinski definition) is 0. The summed E-state index contributed by atoms with van der Waals surface area (Å²) in [6, 6.07) is 5.42. The second-order valence-corrected chi connectivity index (χ2v) is 7.65. The van der Waals surface area contributed by atoms with E-state index in [9.17, 15) is 17.6 Å². The summed E-state index contributed by atoms with van der Waals surface area (Å²) in [6.07, 6.45) is 1.65. The minimum absolute atomic E-state index is 0.171. The van der Waals surface area contributed by atoms with Gasteiger partial charge in [0.2, 0.25) is 0 Å². The first-order valence-corrected chi connectivity index (χ1v) is 9.75. The molecule has 160 valence electrons. The van der Waals surface area contributed by atoms with Crippen molar-refractivity contribution < 1.29 is 17.6 Å². The minimum Gasteiger partial charge on any atom is -0.263 e. The van der Waals surface area contributed by atoms with E-state index in [1.165, 1.54) is 23.1 Å². The van der Waals surface area contributed by atoms with Gasteiger partial charge in [-0.15, -0.1) is 0 Å². The van der Waals surface area contributed by atoms with Crippen LogP contribution in [0.5, 0.6) is 0 Å². The van der Waals surface area contributed by atoms with Gasteiger partial charge in [-0.25, -0.2) is 4.68 Å². The lowest BCUT2D eigenvalue weighted by molar-refractivity contribution is -0.141. The van der Waals surface area contributed by atoms with E-state index in [-0.39, 0.29) is 12.1 Å². The molecule has 0 fully saturated rings. The summed E-state index contributed by atoms with van der Waals surface area (Å²) in [6.45, 7) is 0. The summed E-state index contributed by atoms with van der Waals surface area (Å²) in [5.41, 5.74) is 0.854. The third kappa shape index (κ3) is 4.48. The fourth-order valence-electron chi connectivity index (χ4n) is 3.12. The summed E-state index contributed by atoms with van der Waals surface area (Å²) >= 11 is 3.33. The van der Waals surface area contributed by atoms with Gasteiger partial charge in [-0.2, -0.15) is 22.7 Å². The molecule has 0 radical (unpaired) electrons. The molecule has 4 aromatic rings. The maximum absolute atomic E-state index is 14.0. The number of aromatic nitrogens is 7. The number of rotatable bonds is 5. The van der Waals surface area contributed by atoms with Crippen molar-refractivity contribution in [2.45, 2.75) is 18.6 Å². The van der Waals surface area contributed by atoms with Crippen molar-refractivity contribution in [3.63, 3.8) is 0 Å². The predicted octanol–water partition coefficient (Wildman–Crippen LogP) is 4.22. The fraction of sp³-hybridized carbons (Fsp3) is 0.211. The summed E-state index contributed by atoms with van der Waals surface area (Å²) < 4.78 is 56.1. The summed E-state index contributed by atoms with van der Waals surface area (Å²) in [4.78, 5) is 7.92. The Morgan fingerprint density at radius 3 is 2.45 bits per heavy atom. The lowest BCUT2D eigenvalue weighted by Gasteiger charge is -2.18. The van der Waals surface area contributed by atoms with Gasteiger partial charge in [-0.1, -0.05) is 16.4 Å². The van der Waals surface area contributed by atoms with Crippen LogP contribution in [0.4, 0.5) is 17.6 Å². The summed E-state index contributed by atoms with van der Waals surface area (Å²) in [5, 5.41) is 11.4. The monoisotopic (exact) mass is 495 g/mol. The Morgan fingerprint density at radius 1 is 1.06 bits per heavy atom. The second-order valence-electron chi connectivity index (χ2n) is 6.73. The van der Waals surface area contributed by atoms with Gasteiger partial charge in [0.1, 0.15) is 11.4 Å². The van der Waals surface area contributed by atoms with Crippen LogP contribution in [0, 0.1) is 5.95 Å². The Balaban J connectivity index is 1.70. The van der Waals surface area contributed by atoms with Crippen LogP contribution in [-0.2, 0) is 19.6 Å². The zero-order chi connectivity index (χ0) is 22.2. The molecule has 0 bridgehead atoms. The molecule has 0 amide bonds. The molecule has 4 aromatic heterocycles. The Morgan fingerprint density at radius 2 is 1.87 bits per heavy atom. The summed E-state index contributed by atoms with van der Waals surface area (Å²) in [5.74, 6) is -0.729. The van der Waals surface area contributed by atoms with E-state index in [1.807, 2.05) is 0 Å². The molecular formula is C19H14BrF4N7. The van der Waals surface area contributed by atoms with Crippen LogP contribution >= 0.6 is 15.9 Å². The molecule has 0 saturated carbocycles. The van der Waals surface area contributed by atoms with Gasteiger partial charge in [-0.05, 0) is 39.7 Å². The van der Waals surface area contributed by atoms with E-state index in [0.717, 1.165) is 10.5 Å². The topological polar surface area (TPSA) is 74.3 Å². The molecule has 4 rings (SSSR count). The Hall–Kier alpha value is -3.15. The van der Waals surface area contributed by atoms with Crippen LogP contribution in [-0.4, -0.2) is 34.7 Å². The Bertz CT molecular complexity index is 1160. The SMILES string of the molecule is Cn1nnc(F)c1-c1cnn(C(Cc2ccc(C(F)(F)F)nc2)c2ccc(Br)cn2)c1. The first kappa shape index (κ1) is 21.1. The number of pyridine rings is 2. The molecule has 7 nitrogen and oxygen atoms in total. The molecule has 12 heteroatoms. The van der Waals surface area contributed by atoms with E-state index in [2.05, 4.69) is 41.3 Å². The van der Waals surface area contributed by atoms with Crippen LogP contribution in [0.3, 0.4) is 0 Å². The number of aryl methyl sites for hydroxylation is 1. The molecule has 0 aliphatic rings. The van der Waals surface area contributed by atoms with Gasteiger partial charge in [0.25, 0.3) is 5.95 Å². The highest BCUT2D eigenvalue weighted by Gasteiger charge is 2.32. The Labute approximate surface area is 181 Å². The zero-order valence-corrected chi connectivity index (χ0v) is 17.5. The van der Waals surface area contributed by atoms with Gasteiger partial charge in [-0.3, -0.25) is 14.6 Å². The first-order chi connectivity index (χ1) is 14.7. The van der Waals surface area contributed by atoms with Crippen LogP contribution in [0.15, 0.2) is 53.5 Å². The normalized spacial score (nSPS) is 12.8. The van der Waals surface area contributed by atoms with Gasteiger partial charge < -0.3 is 0 Å². The lowest BCUT2D eigenvalue weighted by Crippen LogP contribution is -2.16. The zero-order valence-electron chi connectivity index (χ0n) is 15.9. The van der Waals surface area contributed by atoms with Crippen molar-refractivity contribution in [2.75, 3.05) is 0 Å². The Kier molecular flexibility index (Phi) is 5.56. The van der Waals surface area contributed by atoms with Crippen LogP contribution in [0.2, 0.25) is 0 Å². The molecule has 0 aliphatic carbocycles. The van der Waals surface area contributed by atoms with Crippen molar-refractivity contribution >= 4 is 15.9 Å². The highest BCUT2D eigenvalue weighted by atomic mass is 79.9. The molecule has 0 saturated heterocycles. The van der Waals surface area contributed by atoms with E-state index in [0.29, 0.717) is 16.8 Å². The lowest BCUT2D eigenvalue weighted by atomic mass is 10.0. The number of halogens is 5. The van der Waals surface area contributed by atoms with Crippen LogP contribution in [0.1, 0.15) is 23.0 Å². The fourth-order valence-corrected chi connectivity index (χ4v) is 3.36. The number of alkyl halides is 3. The second kappa shape index (κ2) is 8.17. The summed E-state index contributed by atoms with van der Waals surface area (Å²) in [7, 11) is 1.56. The maximum atomic E-state index is 14.0. The van der Waals surface area contributed by atoms with E-state index in [1.54, 1.807) is 36.3 Å². The largest absolute Gasteiger partial charge is 0.433 e. The van der Waals surface area contributed by atoms with Gasteiger partial charge in [0, 0.05) is 42.1 Å². The standard InChI is InChI=1S/C19H14BrF4N7/c1-30-17(18(21)28-29-30)12-8-27-31(10-12)15(14-4-3-13(20)9-25-14)6-11-2-5-16(26-7-11)19(22,23)24/h2-5,7-10,15H,6H2,1H3. The van der Waals surface area contributed by atoms with E-state index >= 15 is 0 Å². The van der Waals surface area contributed by atoms with Crippen LogP contribution < -0.4 is 0 Å². The minimum atomic E-state index is -4.51. The maximum Gasteiger partial charge on any atom is 0.433 e. The molecule has 0 N–H and O–H groups in total. The molecule has 4 heterocycles. The van der Waals surface area contributed by atoms with Crippen molar-refractivity contribution in [2.24, 2.45) is 7.05 Å². The molecule has 0 aliphatic heterocycles. The van der Waals surface area contributed by atoms with Crippen molar-refractivity contribution in [3.05, 3.63) is 76.4 Å². The average molecular weight is 496 g/mol. The molecule has 0 spiro atoms. The van der Waals surface area contributed by atoms with Gasteiger partial charge >= 0.3 is 6.18 Å². The van der Waals surface area contributed by atoms with Gasteiger partial charge in [0.05, 0.1) is 17.9 Å².